The Balaban J connectivity index is 2.00. The van der Waals surface area contributed by atoms with E-state index in [-0.39, 0.29) is 18.1 Å². The van der Waals surface area contributed by atoms with Crippen LogP contribution in [-0.2, 0) is 9.53 Å². The number of ether oxygens (including phenoxy) is 1. The lowest BCUT2D eigenvalue weighted by Gasteiger charge is -2.37. The van der Waals surface area contributed by atoms with Gasteiger partial charge in [-0.25, -0.2) is 0 Å². The number of rotatable bonds is 3. The molecule has 2 heterocycles. The summed E-state index contributed by atoms with van der Waals surface area (Å²) in [6, 6.07) is 0.334. The number of carbonyl (C=O) groups is 1. The van der Waals surface area contributed by atoms with Crippen molar-refractivity contribution in [3.05, 3.63) is 0 Å². The first kappa shape index (κ1) is 11.9. The molecule has 1 amide bonds. The number of likely N-dealkylation sites (tertiary alicyclic amines) is 1. The van der Waals surface area contributed by atoms with Gasteiger partial charge in [-0.15, -0.1) is 0 Å². The Labute approximate surface area is 97.3 Å². The first-order valence-corrected chi connectivity index (χ1v) is 6.39. The SMILES string of the molecule is CCNC1CCCN(C2CCOC2C)C1=O. The third-order valence-electron chi connectivity index (χ3n) is 3.66. The van der Waals surface area contributed by atoms with E-state index in [1.807, 2.05) is 11.8 Å². The molecule has 4 heteroatoms. The summed E-state index contributed by atoms with van der Waals surface area (Å²) >= 11 is 0. The Bertz CT molecular complexity index is 255. The van der Waals surface area contributed by atoms with Gasteiger partial charge in [0, 0.05) is 13.2 Å². The summed E-state index contributed by atoms with van der Waals surface area (Å²) in [6.07, 6.45) is 3.27. The number of hydrogen-bond acceptors (Lipinski definition) is 3. The van der Waals surface area contributed by atoms with Crippen molar-refractivity contribution >= 4 is 5.91 Å². The predicted octanol–water partition coefficient (Wildman–Crippen LogP) is 0.764. The van der Waals surface area contributed by atoms with Crippen LogP contribution in [0, 0.1) is 0 Å². The van der Waals surface area contributed by atoms with Crippen LogP contribution in [0.1, 0.15) is 33.1 Å². The first-order valence-electron chi connectivity index (χ1n) is 6.39. The third kappa shape index (κ3) is 2.23. The van der Waals surface area contributed by atoms with Gasteiger partial charge in [0.2, 0.25) is 5.91 Å². The normalized spacial score (nSPS) is 35.8. The molecule has 0 aromatic rings. The van der Waals surface area contributed by atoms with Crippen LogP contribution in [0.4, 0.5) is 0 Å². The van der Waals surface area contributed by atoms with Crippen molar-refractivity contribution in [1.82, 2.24) is 10.2 Å². The molecule has 2 saturated heterocycles. The molecule has 92 valence electrons. The molecule has 3 atom stereocenters. The molecule has 0 aromatic heterocycles. The van der Waals surface area contributed by atoms with Crippen LogP contribution in [0.3, 0.4) is 0 Å². The van der Waals surface area contributed by atoms with Crippen molar-refractivity contribution in [2.75, 3.05) is 19.7 Å². The minimum Gasteiger partial charge on any atom is -0.376 e. The molecule has 0 bridgehead atoms. The number of nitrogens with zero attached hydrogens (tertiary/aromatic N) is 1. The number of piperidine rings is 1. The smallest absolute Gasteiger partial charge is 0.240 e. The molecular formula is C12H22N2O2. The van der Waals surface area contributed by atoms with Crippen molar-refractivity contribution < 1.29 is 9.53 Å². The van der Waals surface area contributed by atoms with Gasteiger partial charge in [-0.2, -0.15) is 0 Å². The van der Waals surface area contributed by atoms with E-state index in [1.165, 1.54) is 0 Å². The summed E-state index contributed by atoms with van der Waals surface area (Å²) in [7, 11) is 0. The molecule has 0 saturated carbocycles. The zero-order valence-corrected chi connectivity index (χ0v) is 10.2. The monoisotopic (exact) mass is 226 g/mol. The largest absolute Gasteiger partial charge is 0.376 e. The highest BCUT2D eigenvalue weighted by Crippen LogP contribution is 2.24. The maximum absolute atomic E-state index is 12.3. The van der Waals surface area contributed by atoms with Crippen molar-refractivity contribution in [3.63, 3.8) is 0 Å². The van der Waals surface area contributed by atoms with Crippen molar-refractivity contribution in [2.24, 2.45) is 0 Å². The lowest BCUT2D eigenvalue weighted by molar-refractivity contribution is -0.139. The van der Waals surface area contributed by atoms with Crippen LogP contribution < -0.4 is 5.32 Å². The highest BCUT2D eigenvalue weighted by Gasteiger charge is 2.37. The molecule has 2 aliphatic heterocycles. The number of likely N-dealkylation sites (N-methyl/N-ethyl adjacent to an activating group) is 1. The molecule has 16 heavy (non-hydrogen) atoms. The van der Waals surface area contributed by atoms with Gasteiger partial charge in [0.1, 0.15) is 0 Å². The Kier molecular flexibility index (Phi) is 3.82. The molecule has 1 N–H and O–H groups in total. The Hall–Kier alpha value is -0.610. The second kappa shape index (κ2) is 5.15. The second-order valence-corrected chi connectivity index (χ2v) is 4.72. The molecular weight excluding hydrogens is 204 g/mol. The van der Waals surface area contributed by atoms with Crippen molar-refractivity contribution in [3.8, 4) is 0 Å². The average Bonchev–Trinajstić information content (AvgIpc) is 2.68. The summed E-state index contributed by atoms with van der Waals surface area (Å²) in [5, 5.41) is 3.27. The Morgan fingerprint density at radius 2 is 2.31 bits per heavy atom. The van der Waals surface area contributed by atoms with Crippen LogP contribution in [0.2, 0.25) is 0 Å². The standard InChI is InChI=1S/C12H22N2O2/c1-3-13-10-5-4-7-14(12(10)15)11-6-8-16-9(11)2/h9-11,13H,3-8H2,1-2H3. The van der Waals surface area contributed by atoms with Gasteiger partial charge >= 0.3 is 0 Å². The van der Waals surface area contributed by atoms with Gasteiger partial charge in [-0.05, 0) is 32.7 Å². The number of carbonyl (C=O) groups excluding carboxylic acids is 1. The van der Waals surface area contributed by atoms with Crippen LogP contribution in [0.25, 0.3) is 0 Å². The highest BCUT2D eigenvalue weighted by molar-refractivity contribution is 5.83. The molecule has 0 radical (unpaired) electrons. The fourth-order valence-corrected chi connectivity index (χ4v) is 2.79. The third-order valence-corrected chi connectivity index (χ3v) is 3.66. The molecule has 0 spiro atoms. The predicted molar refractivity (Wildman–Crippen MR) is 62.2 cm³/mol. The van der Waals surface area contributed by atoms with Gasteiger partial charge in [-0.1, -0.05) is 6.92 Å². The van der Waals surface area contributed by atoms with Crippen LogP contribution in [0.5, 0.6) is 0 Å². The molecule has 4 nitrogen and oxygen atoms in total. The van der Waals surface area contributed by atoms with E-state index >= 15 is 0 Å². The van der Waals surface area contributed by atoms with Crippen LogP contribution in [0.15, 0.2) is 0 Å². The molecule has 0 aliphatic carbocycles. The molecule has 2 aliphatic rings. The maximum Gasteiger partial charge on any atom is 0.240 e. The van der Waals surface area contributed by atoms with E-state index in [4.69, 9.17) is 4.74 Å². The lowest BCUT2D eigenvalue weighted by Crippen LogP contribution is -2.55. The van der Waals surface area contributed by atoms with Crippen LogP contribution in [-0.4, -0.2) is 48.7 Å². The van der Waals surface area contributed by atoms with E-state index in [1.54, 1.807) is 0 Å². The van der Waals surface area contributed by atoms with E-state index in [0.29, 0.717) is 6.04 Å². The topological polar surface area (TPSA) is 41.6 Å². The molecule has 2 fully saturated rings. The number of nitrogens with one attached hydrogen (secondary N) is 1. The average molecular weight is 226 g/mol. The Morgan fingerprint density at radius 1 is 1.50 bits per heavy atom. The van der Waals surface area contributed by atoms with E-state index in [2.05, 4.69) is 12.2 Å². The molecule has 3 unspecified atom stereocenters. The molecule has 0 aromatic carbocycles. The van der Waals surface area contributed by atoms with Crippen molar-refractivity contribution in [2.45, 2.75) is 51.3 Å². The van der Waals surface area contributed by atoms with Gasteiger partial charge in [0.05, 0.1) is 18.2 Å². The van der Waals surface area contributed by atoms with Gasteiger partial charge in [0.15, 0.2) is 0 Å². The summed E-state index contributed by atoms with van der Waals surface area (Å²) < 4.78 is 5.55. The Morgan fingerprint density at radius 3 is 2.94 bits per heavy atom. The number of amides is 1. The van der Waals surface area contributed by atoms with Gasteiger partial charge < -0.3 is 15.0 Å². The molecule has 2 rings (SSSR count). The summed E-state index contributed by atoms with van der Waals surface area (Å²) in [6.45, 7) is 6.68. The zero-order valence-electron chi connectivity index (χ0n) is 10.2. The van der Waals surface area contributed by atoms with Crippen molar-refractivity contribution in [1.29, 1.82) is 0 Å². The van der Waals surface area contributed by atoms with E-state index in [0.717, 1.165) is 39.0 Å². The quantitative estimate of drug-likeness (QED) is 0.772. The number of hydrogen-bond donors (Lipinski definition) is 1. The van der Waals surface area contributed by atoms with Gasteiger partial charge in [-0.3, -0.25) is 4.79 Å². The van der Waals surface area contributed by atoms with E-state index < -0.39 is 0 Å². The lowest BCUT2D eigenvalue weighted by atomic mass is 10.00. The minimum atomic E-state index is 0.0338. The minimum absolute atomic E-state index is 0.0338. The maximum atomic E-state index is 12.3. The van der Waals surface area contributed by atoms with Gasteiger partial charge in [0.25, 0.3) is 0 Å². The fourth-order valence-electron chi connectivity index (χ4n) is 2.79. The highest BCUT2D eigenvalue weighted by atomic mass is 16.5. The summed E-state index contributed by atoms with van der Waals surface area (Å²) in [5.74, 6) is 0.274. The summed E-state index contributed by atoms with van der Waals surface area (Å²) in [5.41, 5.74) is 0. The fraction of sp³-hybridized carbons (Fsp3) is 0.917. The zero-order chi connectivity index (χ0) is 11.5. The van der Waals surface area contributed by atoms with E-state index in [9.17, 15) is 4.79 Å². The summed E-state index contributed by atoms with van der Waals surface area (Å²) in [4.78, 5) is 14.3. The second-order valence-electron chi connectivity index (χ2n) is 4.72. The van der Waals surface area contributed by atoms with Crippen LogP contribution >= 0.6 is 0 Å². The first-order chi connectivity index (χ1) is 7.74.